The summed E-state index contributed by atoms with van der Waals surface area (Å²) in [5, 5.41) is 12.7. The highest BCUT2D eigenvalue weighted by Crippen LogP contribution is 2.52. The summed E-state index contributed by atoms with van der Waals surface area (Å²) >= 11 is 6.20. The number of rotatable bonds is 6. The molecule has 1 N–H and O–H groups in total. The van der Waals surface area contributed by atoms with Crippen LogP contribution < -0.4 is 0 Å². The van der Waals surface area contributed by atoms with Crippen LogP contribution in [0.3, 0.4) is 0 Å². The molecule has 0 bridgehead atoms. The molecule has 4 rings (SSSR count). The Morgan fingerprint density at radius 2 is 1.78 bits per heavy atom. The number of allylic oxidation sites excluding steroid dienone is 2. The number of fused-ring (bicyclic) bond motifs is 1. The van der Waals surface area contributed by atoms with Crippen LogP contribution in [0.25, 0.3) is 5.57 Å². The Morgan fingerprint density at radius 3 is 2.32 bits per heavy atom. The van der Waals surface area contributed by atoms with Crippen molar-refractivity contribution < 1.29 is 9.53 Å². The van der Waals surface area contributed by atoms with E-state index in [4.69, 9.17) is 21.0 Å². The first-order chi connectivity index (χ1) is 17.1. The van der Waals surface area contributed by atoms with Gasteiger partial charge in [-0.3, -0.25) is 4.98 Å². The Hall–Kier alpha value is -1.46. The summed E-state index contributed by atoms with van der Waals surface area (Å²) in [5.74, 6) is 0.188. The van der Waals surface area contributed by atoms with Gasteiger partial charge in [-0.25, -0.2) is 0 Å². The topological polar surface area (TPSA) is 42.4 Å². The predicted octanol–water partition coefficient (Wildman–Crippen LogP) is 9.54. The number of aliphatic hydroxyl groups is 1. The third-order valence-electron chi connectivity index (χ3n) is 8.70. The van der Waals surface area contributed by atoms with Gasteiger partial charge in [0.2, 0.25) is 0 Å². The highest BCUT2D eigenvalue weighted by atomic mass is 35.5. The molecular weight excluding hydrogens is 494 g/mol. The second kappa shape index (κ2) is 10.3. The average Bonchev–Trinajstić information content (AvgIpc) is 3.30. The molecule has 0 spiro atoms. The van der Waals surface area contributed by atoms with E-state index in [1.54, 1.807) is 0 Å². The molecule has 1 aromatic heterocycles. The monoisotopic (exact) mass is 539 g/mol. The van der Waals surface area contributed by atoms with Crippen molar-refractivity contribution in [1.82, 2.24) is 4.98 Å². The molecule has 1 heterocycles. The fraction of sp³-hybridized carbons (Fsp3) is 0.594. The fourth-order valence-electron chi connectivity index (χ4n) is 5.70. The van der Waals surface area contributed by atoms with Gasteiger partial charge in [-0.1, -0.05) is 78.3 Å². The van der Waals surface area contributed by atoms with Crippen LogP contribution in [0.1, 0.15) is 126 Å². The second-order valence-electron chi connectivity index (χ2n) is 13.8. The van der Waals surface area contributed by atoms with Crippen LogP contribution >= 0.6 is 11.6 Å². The summed E-state index contributed by atoms with van der Waals surface area (Å²) in [6.45, 7) is 20.7. The summed E-state index contributed by atoms with van der Waals surface area (Å²) in [7, 11) is -2.06. The first-order valence-corrected chi connectivity index (χ1v) is 17.3. The highest BCUT2D eigenvalue weighted by molar-refractivity contribution is 6.74. The maximum Gasteiger partial charge on any atom is 0.192 e. The van der Waals surface area contributed by atoms with E-state index in [0.717, 1.165) is 48.9 Å². The van der Waals surface area contributed by atoms with Crippen LogP contribution in [0.4, 0.5) is 0 Å². The minimum atomic E-state index is -2.06. The number of benzene rings is 1. The predicted molar refractivity (Wildman–Crippen MR) is 159 cm³/mol. The SMILES string of the molecule is CC(C)c1nc2c(c(C3=CCCC3)c1[C@H](O)c1ccc(Cl)cc1)[C@@H](O[Si](C)(C)C(C)(C)C)CC(C)(C)C2. The number of nitrogens with zero attached hydrogens (tertiary/aromatic N) is 1. The van der Waals surface area contributed by atoms with Crippen molar-refractivity contribution >= 4 is 25.5 Å². The van der Waals surface area contributed by atoms with Crippen molar-refractivity contribution in [3.8, 4) is 0 Å². The van der Waals surface area contributed by atoms with Crippen molar-refractivity contribution in [2.24, 2.45) is 5.41 Å². The molecule has 37 heavy (non-hydrogen) atoms. The van der Waals surface area contributed by atoms with Crippen LogP contribution in [0.15, 0.2) is 30.3 Å². The van der Waals surface area contributed by atoms with Gasteiger partial charge < -0.3 is 9.53 Å². The first-order valence-electron chi connectivity index (χ1n) is 14.0. The number of hydrogen-bond acceptors (Lipinski definition) is 3. The molecule has 2 atom stereocenters. The molecule has 0 fully saturated rings. The van der Waals surface area contributed by atoms with E-state index in [9.17, 15) is 5.11 Å². The lowest BCUT2D eigenvalue weighted by molar-refractivity contribution is 0.105. The van der Waals surface area contributed by atoms with Gasteiger partial charge in [0.25, 0.3) is 0 Å². The normalized spacial score (nSPS) is 20.6. The van der Waals surface area contributed by atoms with Gasteiger partial charge in [0, 0.05) is 27.5 Å². The van der Waals surface area contributed by atoms with E-state index < -0.39 is 14.4 Å². The summed E-state index contributed by atoms with van der Waals surface area (Å²) in [6.07, 6.45) is 6.75. The van der Waals surface area contributed by atoms with Gasteiger partial charge in [0.05, 0.1) is 6.10 Å². The van der Waals surface area contributed by atoms with Gasteiger partial charge in [-0.15, -0.1) is 0 Å². The van der Waals surface area contributed by atoms with E-state index in [2.05, 4.69) is 67.6 Å². The summed E-state index contributed by atoms with van der Waals surface area (Å²) in [5.41, 5.74) is 7.90. The highest BCUT2D eigenvalue weighted by Gasteiger charge is 2.45. The molecule has 0 unspecified atom stereocenters. The van der Waals surface area contributed by atoms with Crippen molar-refractivity contribution in [2.75, 3.05) is 0 Å². The molecule has 0 saturated carbocycles. The summed E-state index contributed by atoms with van der Waals surface area (Å²) in [6, 6.07) is 7.61. The molecule has 2 aromatic rings. The van der Waals surface area contributed by atoms with Gasteiger partial charge in [-0.05, 0) is 90.4 Å². The Labute approximate surface area is 230 Å². The zero-order valence-corrected chi connectivity index (χ0v) is 26.1. The molecule has 0 saturated heterocycles. The number of aliphatic hydroxyl groups excluding tert-OH is 1. The number of halogens is 1. The maximum atomic E-state index is 12.0. The van der Waals surface area contributed by atoms with Crippen molar-refractivity contribution in [1.29, 1.82) is 0 Å². The fourth-order valence-corrected chi connectivity index (χ4v) is 7.09. The smallest absolute Gasteiger partial charge is 0.192 e. The largest absolute Gasteiger partial charge is 0.410 e. The van der Waals surface area contributed by atoms with Gasteiger partial charge in [-0.2, -0.15) is 0 Å². The van der Waals surface area contributed by atoms with E-state index in [1.165, 1.54) is 22.4 Å². The molecule has 0 radical (unpaired) electrons. The molecule has 0 aliphatic heterocycles. The van der Waals surface area contributed by atoms with Crippen LogP contribution in [0.5, 0.6) is 0 Å². The third kappa shape index (κ3) is 5.78. The van der Waals surface area contributed by atoms with Crippen molar-refractivity contribution in [3.63, 3.8) is 0 Å². The number of pyridine rings is 1. The Kier molecular flexibility index (Phi) is 7.91. The molecule has 0 amide bonds. The van der Waals surface area contributed by atoms with Crippen molar-refractivity contribution in [3.05, 3.63) is 69.0 Å². The number of aromatic nitrogens is 1. The first kappa shape index (κ1) is 28.5. The quantitative estimate of drug-likeness (QED) is 0.371. The lowest BCUT2D eigenvalue weighted by atomic mass is 9.71. The molecule has 1 aromatic carbocycles. The minimum Gasteiger partial charge on any atom is -0.410 e. The summed E-state index contributed by atoms with van der Waals surface area (Å²) in [4.78, 5) is 5.37. The van der Waals surface area contributed by atoms with Crippen LogP contribution in [-0.4, -0.2) is 18.4 Å². The average molecular weight is 540 g/mol. The molecule has 2 aliphatic carbocycles. The molecule has 2 aliphatic rings. The molecule has 3 nitrogen and oxygen atoms in total. The van der Waals surface area contributed by atoms with Gasteiger partial charge >= 0.3 is 0 Å². The van der Waals surface area contributed by atoms with E-state index >= 15 is 0 Å². The minimum absolute atomic E-state index is 0.0268. The lowest BCUT2D eigenvalue weighted by Gasteiger charge is -2.45. The standard InChI is InChI=1S/C32H46ClNO2Si/c1-20(2)29-28(30(35)22-14-16-23(33)17-15-22)26(21-12-10-11-13-21)27-24(34-29)18-32(6,7)19-25(27)36-37(8,9)31(3,4)5/h12,14-17,20,25,30,35H,10-11,13,18-19H2,1-9H3/t25-,30+/m0/s1. The van der Waals surface area contributed by atoms with E-state index in [1.807, 2.05) is 24.3 Å². The zero-order valence-electron chi connectivity index (χ0n) is 24.3. The van der Waals surface area contributed by atoms with Gasteiger partial charge in [0.15, 0.2) is 8.32 Å². The second-order valence-corrected chi connectivity index (χ2v) is 19.0. The van der Waals surface area contributed by atoms with Crippen LogP contribution in [0.2, 0.25) is 23.2 Å². The molecule has 202 valence electrons. The third-order valence-corrected chi connectivity index (χ3v) is 13.4. The zero-order chi connectivity index (χ0) is 27.3. The van der Waals surface area contributed by atoms with Gasteiger partial charge in [0.1, 0.15) is 6.10 Å². The molecule has 5 heteroatoms. The van der Waals surface area contributed by atoms with E-state index in [0.29, 0.717) is 5.02 Å². The van der Waals surface area contributed by atoms with Crippen LogP contribution in [-0.2, 0) is 10.8 Å². The summed E-state index contributed by atoms with van der Waals surface area (Å²) < 4.78 is 7.23. The maximum absolute atomic E-state index is 12.0. The van der Waals surface area contributed by atoms with E-state index in [-0.39, 0.29) is 22.5 Å². The van der Waals surface area contributed by atoms with Crippen molar-refractivity contribution in [2.45, 2.75) is 117 Å². The number of hydrogen-bond donors (Lipinski definition) is 1. The van der Waals surface area contributed by atoms with Crippen LogP contribution in [0, 0.1) is 5.41 Å². The Balaban J connectivity index is 2.02. The molecular formula is C32H46ClNO2Si. The lowest BCUT2D eigenvalue weighted by Crippen LogP contribution is -2.44. The Bertz CT molecular complexity index is 1170. The Morgan fingerprint density at radius 1 is 1.14 bits per heavy atom.